The second kappa shape index (κ2) is 5.12. The maximum absolute atomic E-state index is 14.3. The van der Waals surface area contributed by atoms with E-state index < -0.39 is 11.7 Å². The summed E-state index contributed by atoms with van der Waals surface area (Å²) >= 11 is 6.15. The first kappa shape index (κ1) is 13.5. The number of para-hydroxylation sites is 1. The monoisotopic (exact) mass is 300 g/mol. The Hall–Kier alpha value is -2.51. The number of hydrogen-bond donors (Lipinski definition) is 1. The first-order chi connectivity index (χ1) is 10.1. The van der Waals surface area contributed by atoms with Gasteiger partial charge in [0.1, 0.15) is 23.2 Å². The molecule has 1 heterocycles. The van der Waals surface area contributed by atoms with Crippen LogP contribution in [0.25, 0.3) is 0 Å². The zero-order valence-electron chi connectivity index (χ0n) is 10.8. The summed E-state index contributed by atoms with van der Waals surface area (Å²) in [5.41, 5.74) is 6.85. The van der Waals surface area contributed by atoms with Crippen molar-refractivity contribution in [2.24, 2.45) is 5.73 Å². The van der Waals surface area contributed by atoms with Gasteiger partial charge in [0.25, 0.3) is 0 Å². The lowest BCUT2D eigenvalue weighted by molar-refractivity contribution is 0.392. The molecule has 0 saturated heterocycles. The molecule has 0 aliphatic carbocycles. The van der Waals surface area contributed by atoms with Crippen LogP contribution in [0.15, 0.2) is 53.9 Å². The van der Waals surface area contributed by atoms with Crippen LogP contribution in [0.4, 0.5) is 4.39 Å². The molecule has 5 heteroatoms. The van der Waals surface area contributed by atoms with Crippen molar-refractivity contribution in [1.29, 1.82) is 5.26 Å². The van der Waals surface area contributed by atoms with E-state index in [-0.39, 0.29) is 22.0 Å². The molecule has 0 radical (unpaired) electrons. The SMILES string of the molecule is N#CC1=C(N)Oc2ccccc2[C@H]1c1c(F)cccc1Cl. The van der Waals surface area contributed by atoms with Crippen molar-refractivity contribution in [3.8, 4) is 11.8 Å². The molecule has 2 aromatic carbocycles. The molecule has 104 valence electrons. The smallest absolute Gasteiger partial charge is 0.205 e. The maximum Gasteiger partial charge on any atom is 0.205 e. The molecule has 0 saturated carbocycles. The highest BCUT2D eigenvalue weighted by Gasteiger charge is 2.33. The average Bonchev–Trinajstić information content (AvgIpc) is 2.46. The number of fused-ring (bicyclic) bond motifs is 1. The van der Waals surface area contributed by atoms with Gasteiger partial charge in [-0.1, -0.05) is 35.9 Å². The van der Waals surface area contributed by atoms with E-state index in [1.54, 1.807) is 30.3 Å². The third-order valence-electron chi connectivity index (χ3n) is 3.41. The van der Waals surface area contributed by atoms with Crippen molar-refractivity contribution < 1.29 is 9.13 Å². The fraction of sp³-hybridized carbons (Fsp3) is 0.0625. The Morgan fingerprint density at radius 1 is 1.19 bits per heavy atom. The van der Waals surface area contributed by atoms with Gasteiger partial charge in [-0.25, -0.2) is 4.39 Å². The van der Waals surface area contributed by atoms with Crippen LogP contribution in [0, 0.1) is 17.1 Å². The molecule has 0 spiro atoms. The quantitative estimate of drug-likeness (QED) is 0.873. The van der Waals surface area contributed by atoms with Gasteiger partial charge in [0.2, 0.25) is 5.88 Å². The van der Waals surface area contributed by atoms with E-state index >= 15 is 0 Å². The summed E-state index contributed by atoms with van der Waals surface area (Å²) in [6, 6.07) is 13.5. The molecule has 0 fully saturated rings. The maximum atomic E-state index is 14.3. The van der Waals surface area contributed by atoms with E-state index in [2.05, 4.69) is 0 Å². The van der Waals surface area contributed by atoms with Gasteiger partial charge in [-0.2, -0.15) is 5.26 Å². The normalized spacial score (nSPS) is 16.9. The van der Waals surface area contributed by atoms with Crippen LogP contribution in [-0.4, -0.2) is 0 Å². The van der Waals surface area contributed by atoms with E-state index in [4.69, 9.17) is 22.1 Å². The largest absolute Gasteiger partial charge is 0.440 e. The lowest BCUT2D eigenvalue weighted by Gasteiger charge is -2.27. The molecule has 1 aliphatic rings. The predicted molar refractivity (Wildman–Crippen MR) is 77.1 cm³/mol. The summed E-state index contributed by atoms with van der Waals surface area (Å²) in [5, 5.41) is 9.61. The first-order valence-corrected chi connectivity index (χ1v) is 6.61. The topological polar surface area (TPSA) is 59.0 Å². The third-order valence-corrected chi connectivity index (χ3v) is 3.74. The zero-order valence-corrected chi connectivity index (χ0v) is 11.6. The fourth-order valence-electron chi connectivity index (χ4n) is 2.49. The van der Waals surface area contributed by atoms with Crippen LogP contribution >= 0.6 is 11.6 Å². The highest BCUT2D eigenvalue weighted by molar-refractivity contribution is 6.31. The second-order valence-electron chi connectivity index (χ2n) is 4.60. The Balaban J connectivity index is 2.31. The first-order valence-electron chi connectivity index (χ1n) is 6.24. The number of nitrogens with zero attached hydrogens (tertiary/aromatic N) is 1. The number of rotatable bonds is 1. The van der Waals surface area contributed by atoms with E-state index in [9.17, 15) is 9.65 Å². The van der Waals surface area contributed by atoms with Crippen LogP contribution in [0.1, 0.15) is 17.0 Å². The van der Waals surface area contributed by atoms with Crippen LogP contribution in [0.5, 0.6) is 5.75 Å². The van der Waals surface area contributed by atoms with Crippen molar-refractivity contribution in [1.82, 2.24) is 0 Å². The lowest BCUT2D eigenvalue weighted by Crippen LogP contribution is -2.21. The van der Waals surface area contributed by atoms with Crippen molar-refractivity contribution in [3.05, 3.63) is 75.9 Å². The van der Waals surface area contributed by atoms with Crippen LogP contribution in [0.3, 0.4) is 0 Å². The molecular weight excluding hydrogens is 291 g/mol. The van der Waals surface area contributed by atoms with Gasteiger partial charge in [-0.15, -0.1) is 0 Å². The number of nitriles is 1. The fourth-order valence-corrected chi connectivity index (χ4v) is 2.76. The van der Waals surface area contributed by atoms with E-state index in [0.717, 1.165) is 0 Å². The Labute approximate surface area is 126 Å². The third kappa shape index (κ3) is 2.12. The van der Waals surface area contributed by atoms with Gasteiger partial charge in [-0.05, 0) is 18.2 Å². The van der Waals surface area contributed by atoms with E-state index in [1.807, 2.05) is 6.07 Å². The minimum Gasteiger partial charge on any atom is -0.440 e. The minimum atomic E-state index is -0.673. The molecule has 1 aliphatic heterocycles. The summed E-state index contributed by atoms with van der Waals surface area (Å²) in [7, 11) is 0. The van der Waals surface area contributed by atoms with Gasteiger partial charge in [0.05, 0.1) is 5.92 Å². The van der Waals surface area contributed by atoms with E-state index in [1.165, 1.54) is 12.1 Å². The Morgan fingerprint density at radius 2 is 1.95 bits per heavy atom. The Kier molecular flexibility index (Phi) is 3.28. The predicted octanol–water partition coefficient (Wildman–Crippen LogP) is 3.70. The summed E-state index contributed by atoms with van der Waals surface area (Å²) in [6.45, 7) is 0. The number of halogens is 2. The molecule has 2 N–H and O–H groups in total. The van der Waals surface area contributed by atoms with Crippen molar-refractivity contribution >= 4 is 11.6 Å². The standard InChI is InChI=1S/C16H10ClFN2O/c17-11-5-3-6-12(18)15(11)14-9-4-1-2-7-13(9)21-16(20)10(14)8-19/h1-7,14H,20H2/t14-/m1/s1. The summed E-state index contributed by atoms with van der Waals surface area (Å²) < 4.78 is 19.7. The number of nitrogens with two attached hydrogens (primary N) is 1. The molecule has 2 aromatic rings. The molecular formula is C16H10ClFN2O. The zero-order chi connectivity index (χ0) is 15.0. The van der Waals surface area contributed by atoms with Gasteiger partial charge >= 0.3 is 0 Å². The Morgan fingerprint density at radius 3 is 2.67 bits per heavy atom. The van der Waals surface area contributed by atoms with Crippen LogP contribution in [0.2, 0.25) is 5.02 Å². The van der Waals surface area contributed by atoms with Gasteiger partial charge in [0, 0.05) is 16.1 Å². The van der Waals surface area contributed by atoms with Crippen LogP contribution < -0.4 is 10.5 Å². The van der Waals surface area contributed by atoms with Gasteiger partial charge < -0.3 is 10.5 Å². The molecule has 0 bridgehead atoms. The highest BCUT2D eigenvalue weighted by Crippen LogP contribution is 2.44. The molecule has 1 atom stereocenters. The number of benzene rings is 2. The molecule has 0 amide bonds. The molecule has 3 rings (SSSR count). The lowest BCUT2D eigenvalue weighted by atomic mass is 9.83. The highest BCUT2D eigenvalue weighted by atomic mass is 35.5. The van der Waals surface area contributed by atoms with Gasteiger partial charge in [-0.3, -0.25) is 0 Å². The number of allylic oxidation sites excluding steroid dienone is 1. The van der Waals surface area contributed by atoms with E-state index in [0.29, 0.717) is 11.3 Å². The van der Waals surface area contributed by atoms with Gasteiger partial charge in [0.15, 0.2) is 0 Å². The molecule has 0 unspecified atom stereocenters. The summed E-state index contributed by atoms with van der Waals surface area (Å²) in [4.78, 5) is 0. The minimum absolute atomic E-state index is 0.0273. The second-order valence-corrected chi connectivity index (χ2v) is 5.01. The van der Waals surface area contributed by atoms with Crippen molar-refractivity contribution in [3.63, 3.8) is 0 Å². The van der Waals surface area contributed by atoms with Crippen molar-refractivity contribution in [2.75, 3.05) is 0 Å². The van der Waals surface area contributed by atoms with Crippen molar-refractivity contribution in [2.45, 2.75) is 5.92 Å². The Bertz CT molecular complexity index is 775. The summed E-state index contributed by atoms with van der Waals surface area (Å²) in [6.07, 6.45) is 0. The number of hydrogen-bond acceptors (Lipinski definition) is 3. The molecule has 0 aromatic heterocycles. The molecule has 3 nitrogen and oxygen atoms in total. The summed E-state index contributed by atoms with van der Waals surface area (Å²) in [5.74, 6) is -0.683. The van der Waals surface area contributed by atoms with Crippen LogP contribution in [-0.2, 0) is 0 Å². The average molecular weight is 301 g/mol. The molecule has 21 heavy (non-hydrogen) atoms. The number of ether oxygens (including phenoxy) is 1.